The zero-order valence-electron chi connectivity index (χ0n) is 5.42. The van der Waals surface area contributed by atoms with Gasteiger partial charge in [0.25, 0.3) is 0 Å². The molecule has 0 heterocycles. The van der Waals surface area contributed by atoms with Crippen molar-refractivity contribution < 1.29 is 9.90 Å². The third-order valence-electron chi connectivity index (χ3n) is 1.02. The summed E-state index contributed by atoms with van der Waals surface area (Å²) in [6.45, 7) is -0.0470. The van der Waals surface area contributed by atoms with Gasteiger partial charge < -0.3 is 16.2 Å². The Kier molecular flexibility index (Phi) is 4.00. The van der Waals surface area contributed by atoms with Gasteiger partial charge in [-0.25, -0.2) is 0 Å². The first-order valence-corrected chi connectivity index (χ1v) is 2.80. The van der Waals surface area contributed by atoms with Crippen LogP contribution in [-0.2, 0) is 4.79 Å². The zero-order valence-corrected chi connectivity index (χ0v) is 5.42. The molecule has 0 aromatic carbocycles. The fraction of sp³-hybridized carbons (Fsp3) is 0.800. The van der Waals surface area contributed by atoms with Crippen LogP contribution in [0.1, 0.15) is 6.42 Å². The van der Waals surface area contributed by atoms with Crippen LogP contribution >= 0.6 is 0 Å². The third kappa shape index (κ3) is 3.05. The molecule has 0 aromatic rings. The first-order chi connectivity index (χ1) is 4.22. The SMILES string of the molecule is CNC(=O)C(N)CCO. The number of aliphatic hydroxyl groups is 1. The average Bonchev–Trinajstić information content (AvgIpc) is 1.87. The third-order valence-corrected chi connectivity index (χ3v) is 1.02. The van der Waals surface area contributed by atoms with E-state index in [0.29, 0.717) is 6.42 Å². The predicted molar refractivity (Wildman–Crippen MR) is 33.7 cm³/mol. The molecular weight excluding hydrogens is 120 g/mol. The Balaban J connectivity index is 3.45. The summed E-state index contributed by atoms with van der Waals surface area (Å²) in [7, 11) is 1.51. The minimum absolute atomic E-state index is 0.0470. The standard InChI is InChI=1S/C5H12N2O2/c1-7-5(9)4(6)2-3-8/h4,8H,2-3,6H2,1H3,(H,7,9). The van der Waals surface area contributed by atoms with E-state index in [0.717, 1.165) is 0 Å². The number of hydrogen-bond donors (Lipinski definition) is 3. The molecule has 54 valence electrons. The second-order valence-electron chi connectivity index (χ2n) is 1.73. The Morgan fingerprint density at radius 1 is 1.89 bits per heavy atom. The van der Waals surface area contributed by atoms with Gasteiger partial charge in [0, 0.05) is 13.7 Å². The number of nitrogens with two attached hydrogens (primary N) is 1. The normalized spacial score (nSPS) is 12.8. The van der Waals surface area contributed by atoms with Gasteiger partial charge in [0.2, 0.25) is 5.91 Å². The van der Waals surface area contributed by atoms with E-state index in [1.165, 1.54) is 7.05 Å². The highest BCUT2D eigenvalue weighted by atomic mass is 16.3. The van der Waals surface area contributed by atoms with E-state index in [2.05, 4.69) is 5.32 Å². The van der Waals surface area contributed by atoms with Crippen LogP contribution in [0.3, 0.4) is 0 Å². The van der Waals surface area contributed by atoms with Gasteiger partial charge in [-0.05, 0) is 6.42 Å². The number of carbonyl (C=O) groups excluding carboxylic acids is 1. The molecule has 4 heteroatoms. The van der Waals surface area contributed by atoms with Gasteiger partial charge in [-0.2, -0.15) is 0 Å². The van der Waals surface area contributed by atoms with Gasteiger partial charge in [-0.15, -0.1) is 0 Å². The van der Waals surface area contributed by atoms with Crippen molar-refractivity contribution >= 4 is 5.91 Å². The fourth-order valence-electron chi connectivity index (χ4n) is 0.456. The predicted octanol–water partition coefficient (Wildman–Crippen LogP) is -1.56. The van der Waals surface area contributed by atoms with Crippen molar-refractivity contribution in [3.8, 4) is 0 Å². The van der Waals surface area contributed by atoms with E-state index in [1.54, 1.807) is 0 Å². The first-order valence-electron chi connectivity index (χ1n) is 2.80. The number of nitrogens with one attached hydrogen (secondary N) is 1. The number of likely N-dealkylation sites (N-methyl/N-ethyl adjacent to an activating group) is 1. The van der Waals surface area contributed by atoms with Crippen LogP contribution in [0.15, 0.2) is 0 Å². The molecule has 1 atom stereocenters. The Hall–Kier alpha value is -0.610. The first kappa shape index (κ1) is 8.39. The lowest BCUT2D eigenvalue weighted by atomic mass is 10.2. The zero-order chi connectivity index (χ0) is 7.28. The number of carbonyl (C=O) groups is 1. The van der Waals surface area contributed by atoms with Crippen LogP contribution in [-0.4, -0.2) is 30.7 Å². The number of hydrogen-bond acceptors (Lipinski definition) is 3. The van der Waals surface area contributed by atoms with E-state index in [4.69, 9.17) is 10.8 Å². The molecule has 0 saturated carbocycles. The Bertz CT molecular complexity index is 95.0. The Morgan fingerprint density at radius 2 is 2.44 bits per heavy atom. The molecule has 0 aromatic heterocycles. The molecular formula is C5H12N2O2. The highest BCUT2D eigenvalue weighted by molar-refractivity contribution is 5.81. The summed E-state index contributed by atoms with van der Waals surface area (Å²) in [6.07, 6.45) is 0.319. The molecule has 0 spiro atoms. The average molecular weight is 132 g/mol. The molecule has 1 unspecified atom stereocenters. The van der Waals surface area contributed by atoms with E-state index in [9.17, 15) is 4.79 Å². The van der Waals surface area contributed by atoms with Crippen molar-refractivity contribution in [1.82, 2.24) is 5.32 Å². The maximum atomic E-state index is 10.6. The molecule has 1 amide bonds. The lowest BCUT2D eigenvalue weighted by molar-refractivity contribution is -0.122. The molecule has 0 saturated heterocycles. The van der Waals surface area contributed by atoms with Gasteiger partial charge in [0.05, 0.1) is 6.04 Å². The summed E-state index contributed by atoms with van der Waals surface area (Å²) in [5, 5.41) is 10.7. The number of rotatable bonds is 3. The van der Waals surface area contributed by atoms with Gasteiger partial charge >= 0.3 is 0 Å². The maximum absolute atomic E-state index is 10.6. The van der Waals surface area contributed by atoms with Crippen LogP contribution in [0.4, 0.5) is 0 Å². The Labute approximate surface area is 54.0 Å². The highest BCUT2D eigenvalue weighted by Gasteiger charge is 2.08. The van der Waals surface area contributed by atoms with E-state index in [1.807, 2.05) is 0 Å². The molecule has 0 aliphatic rings. The van der Waals surface area contributed by atoms with Gasteiger partial charge in [0.15, 0.2) is 0 Å². The second kappa shape index (κ2) is 4.29. The molecule has 0 radical (unpaired) electrons. The van der Waals surface area contributed by atoms with E-state index >= 15 is 0 Å². The summed E-state index contributed by atoms with van der Waals surface area (Å²) in [5.74, 6) is -0.232. The molecule has 0 fully saturated rings. The summed E-state index contributed by atoms with van der Waals surface area (Å²) >= 11 is 0. The molecule has 4 nitrogen and oxygen atoms in total. The number of aliphatic hydroxyl groups excluding tert-OH is 1. The van der Waals surface area contributed by atoms with Crippen molar-refractivity contribution in [3.05, 3.63) is 0 Å². The molecule has 0 aliphatic carbocycles. The molecule has 4 N–H and O–H groups in total. The Morgan fingerprint density at radius 3 is 2.78 bits per heavy atom. The van der Waals surface area contributed by atoms with Crippen molar-refractivity contribution in [2.24, 2.45) is 5.73 Å². The van der Waals surface area contributed by atoms with Crippen LogP contribution in [0.2, 0.25) is 0 Å². The molecule has 9 heavy (non-hydrogen) atoms. The van der Waals surface area contributed by atoms with Crippen LogP contribution in [0.25, 0.3) is 0 Å². The van der Waals surface area contributed by atoms with E-state index in [-0.39, 0.29) is 12.5 Å². The van der Waals surface area contributed by atoms with Crippen molar-refractivity contribution in [1.29, 1.82) is 0 Å². The van der Waals surface area contributed by atoms with Crippen LogP contribution < -0.4 is 11.1 Å². The lowest BCUT2D eigenvalue weighted by Crippen LogP contribution is -2.39. The van der Waals surface area contributed by atoms with E-state index < -0.39 is 6.04 Å². The summed E-state index contributed by atoms with van der Waals surface area (Å²) in [5.41, 5.74) is 5.27. The maximum Gasteiger partial charge on any atom is 0.236 e. The quantitative estimate of drug-likeness (QED) is 0.435. The smallest absolute Gasteiger partial charge is 0.236 e. The minimum atomic E-state index is -0.569. The molecule has 0 rings (SSSR count). The van der Waals surface area contributed by atoms with Crippen LogP contribution in [0.5, 0.6) is 0 Å². The van der Waals surface area contributed by atoms with Gasteiger partial charge in [0.1, 0.15) is 0 Å². The topological polar surface area (TPSA) is 75.4 Å². The highest BCUT2D eigenvalue weighted by Crippen LogP contribution is 1.83. The summed E-state index contributed by atoms with van der Waals surface area (Å²) in [6, 6.07) is -0.569. The van der Waals surface area contributed by atoms with Crippen molar-refractivity contribution in [3.63, 3.8) is 0 Å². The van der Waals surface area contributed by atoms with Crippen LogP contribution in [0, 0.1) is 0 Å². The fourth-order valence-corrected chi connectivity index (χ4v) is 0.456. The number of amides is 1. The van der Waals surface area contributed by atoms with Gasteiger partial charge in [-0.3, -0.25) is 4.79 Å². The second-order valence-corrected chi connectivity index (χ2v) is 1.73. The molecule has 0 aliphatic heterocycles. The summed E-state index contributed by atoms with van der Waals surface area (Å²) < 4.78 is 0. The minimum Gasteiger partial charge on any atom is -0.396 e. The molecule has 0 bridgehead atoms. The monoisotopic (exact) mass is 132 g/mol. The lowest BCUT2D eigenvalue weighted by Gasteiger charge is -2.05. The van der Waals surface area contributed by atoms with Gasteiger partial charge in [-0.1, -0.05) is 0 Å². The largest absolute Gasteiger partial charge is 0.396 e. The summed E-state index contributed by atoms with van der Waals surface area (Å²) in [4.78, 5) is 10.6. The van der Waals surface area contributed by atoms with Crippen molar-refractivity contribution in [2.75, 3.05) is 13.7 Å². The van der Waals surface area contributed by atoms with Crippen molar-refractivity contribution in [2.45, 2.75) is 12.5 Å².